The minimum absolute atomic E-state index is 0.705. The smallest absolute Gasteiger partial charge is 0.0829 e. The lowest BCUT2D eigenvalue weighted by atomic mass is 10.1. The molecule has 3 rings (SSSR count). The molecular weight excluding hydrogens is 281 g/mol. The Morgan fingerprint density at radius 3 is 2.63 bits per heavy atom. The van der Waals surface area contributed by atoms with Crippen LogP contribution >= 0.6 is 23.2 Å². The first kappa shape index (κ1) is 13.0. The van der Waals surface area contributed by atoms with Crippen molar-refractivity contribution in [3.8, 4) is 0 Å². The summed E-state index contributed by atoms with van der Waals surface area (Å²) in [4.78, 5) is 6.75. The van der Waals surface area contributed by atoms with E-state index in [4.69, 9.17) is 23.2 Å². The number of rotatable bonds is 1. The van der Waals surface area contributed by atoms with Gasteiger partial charge in [-0.05, 0) is 24.6 Å². The maximum Gasteiger partial charge on any atom is 0.0829 e. The number of aryl methyl sites for hydroxylation is 1. The monoisotopic (exact) mass is 295 g/mol. The van der Waals surface area contributed by atoms with Gasteiger partial charge in [-0.15, -0.1) is 0 Å². The van der Waals surface area contributed by atoms with Gasteiger partial charge in [0.15, 0.2) is 0 Å². The number of hydrogen-bond acceptors (Lipinski definition) is 3. The van der Waals surface area contributed by atoms with Gasteiger partial charge in [-0.1, -0.05) is 23.2 Å². The Kier molecular flexibility index (Phi) is 3.52. The molecule has 19 heavy (non-hydrogen) atoms. The molecule has 100 valence electrons. The average molecular weight is 296 g/mol. The van der Waals surface area contributed by atoms with E-state index in [0.29, 0.717) is 5.02 Å². The summed E-state index contributed by atoms with van der Waals surface area (Å²) in [5.74, 6) is 0. The number of nitrogens with one attached hydrogen (secondary N) is 1. The van der Waals surface area contributed by atoms with Gasteiger partial charge in [-0.2, -0.15) is 0 Å². The highest BCUT2D eigenvalue weighted by Crippen LogP contribution is 2.36. The molecule has 0 spiro atoms. The van der Waals surface area contributed by atoms with E-state index < -0.39 is 0 Å². The summed E-state index contributed by atoms with van der Waals surface area (Å²) in [5.41, 5.74) is 3.02. The van der Waals surface area contributed by atoms with Crippen LogP contribution in [0.3, 0.4) is 0 Å². The van der Waals surface area contributed by atoms with E-state index in [1.54, 1.807) is 6.20 Å². The van der Waals surface area contributed by atoms with E-state index in [1.165, 1.54) is 0 Å². The second kappa shape index (κ2) is 5.16. The zero-order valence-corrected chi connectivity index (χ0v) is 12.2. The van der Waals surface area contributed by atoms with Crippen LogP contribution in [-0.2, 0) is 0 Å². The second-order valence-corrected chi connectivity index (χ2v) is 5.57. The first-order valence-corrected chi connectivity index (χ1v) is 7.13. The van der Waals surface area contributed by atoms with E-state index in [1.807, 2.05) is 19.1 Å². The van der Waals surface area contributed by atoms with Gasteiger partial charge in [0, 0.05) is 42.8 Å². The van der Waals surface area contributed by atoms with Gasteiger partial charge < -0.3 is 10.2 Å². The first-order chi connectivity index (χ1) is 9.18. The van der Waals surface area contributed by atoms with Gasteiger partial charge in [-0.3, -0.25) is 4.98 Å². The lowest BCUT2D eigenvalue weighted by molar-refractivity contribution is 0.590. The Morgan fingerprint density at radius 2 is 1.89 bits per heavy atom. The van der Waals surface area contributed by atoms with Crippen molar-refractivity contribution < 1.29 is 0 Å². The van der Waals surface area contributed by atoms with Crippen molar-refractivity contribution in [2.45, 2.75) is 6.92 Å². The number of halogens is 2. The molecule has 1 aromatic heterocycles. The molecule has 1 N–H and O–H groups in total. The van der Waals surface area contributed by atoms with Crippen LogP contribution in [0.2, 0.25) is 10.0 Å². The average Bonchev–Trinajstić information content (AvgIpc) is 2.44. The zero-order chi connectivity index (χ0) is 13.4. The molecule has 1 aliphatic heterocycles. The number of hydrogen-bond donors (Lipinski definition) is 1. The summed E-state index contributed by atoms with van der Waals surface area (Å²) in [5, 5.41) is 5.88. The zero-order valence-electron chi connectivity index (χ0n) is 10.7. The minimum atomic E-state index is 0.705. The van der Waals surface area contributed by atoms with Crippen LogP contribution in [0.15, 0.2) is 18.3 Å². The number of aromatic nitrogens is 1. The second-order valence-electron chi connectivity index (χ2n) is 4.76. The molecule has 0 aliphatic carbocycles. The fourth-order valence-electron chi connectivity index (χ4n) is 2.55. The first-order valence-electron chi connectivity index (χ1n) is 6.37. The number of pyridine rings is 1. The van der Waals surface area contributed by atoms with Gasteiger partial charge in [0.1, 0.15) is 0 Å². The molecule has 1 aliphatic rings. The summed E-state index contributed by atoms with van der Waals surface area (Å²) in [6.07, 6.45) is 1.73. The highest BCUT2D eigenvalue weighted by Gasteiger charge is 2.18. The predicted octanol–water partition coefficient (Wildman–Crippen LogP) is 3.26. The van der Waals surface area contributed by atoms with E-state index in [0.717, 1.165) is 53.4 Å². The standard InChI is InChI=1S/C14H15Cl2N3/c1-9-11(15)3-2-10-13(9)18-8-12(16)14(10)19-6-4-17-5-7-19/h2-3,8,17H,4-7H2,1H3. The summed E-state index contributed by atoms with van der Waals surface area (Å²) in [6.45, 7) is 5.87. The third-order valence-electron chi connectivity index (χ3n) is 3.59. The van der Waals surface area contributed by atoms with Crippen LogP contribution < -0.4 is 10.2 Å². The van der Waals surface area contributed by atoms with Crippen LogP contribution in [0, 0.1) is 6.92 Å². The van der Waals surface area contributed by atoms with Crippen molar-refractivity contribution >= 4 is 39.8 Å². The summed E-state index contributed by atoms with van der Waals surface area (Å²) < 4.78 is 0. The predicted molar refractivity (Wildman–Crippen MR) is 81.6 cm³/mol. The molecule has 0 bridgehead atoms. The van der Waals surface area contributed by atoms with Gasteiger partial charge in [-0.25, -0.2) is 0 Å². The number of nitrogens with zero attached hydrogens (tertiary/aromatic N) is 2. The van der Waals surface area contributed by atoms with Crippen LogP contribution in [0.1, 0.15) is 5.56 Å². The molecule has 2 heterocycles. The summed E-state index contributed by atoms with van der Waals surface area (Å²) >= 11 is 12.5. The van der Waals surface area contributed by atoms with E-state index in [9.17, 15) is 0 Å². The molecule has 5 heteroatoms. The number of anilines is 1. The van der Waals surface area contributed by atoms with E-state index in [2.05, 4.69) is 15.2 Å². The fourth-order valence-corrected chi connectivity index (χ4v) is 2.98. The molecule has 0 atom stereocenters. The van der Waals surface area contributed by atoms with Crippen molar-refractivity contribution in [3.63, 3.8) is 0 Å². The molecule has 3 nitrogen and oxygen atoms in total. The quantitative estimate of drug-likeness (QED) is 0.875. The number of benzene rings is 1. The third-order valence-corrected chi connectivity index (χ3v) is 4.27. The normalized spacial score (nSPS) is 16.1. The topological polar surface area (TPSA) is 28.2 Å². The highest BCUT2D eigenvalue weighted by atomic mass is 35.5. The van der Waals surface area contributed by atoms with Crippen LogP contribution in [0.25, 0.3) is 10.9 Å². The van der Waals surface area contributed by atoms with Crippen LogP contribution in [0.5, 0.6) is 0 Å². The Bertz CT molecular complexity index is 622. The maximum absolute atomic E-state index is 6.37. The molecule has 0 unspecified atom stereocenters. The van der Waals surface area contributed by atoms with E-state index >= 15 is 0 Å². The molecule has 0 radical (unpaired) electrons. The van der Waals surface area contributed by atoms with Gasteiger partial charge in [0.25, 0.3) is 0 Å². The molecule has 1 saturated heterocycles. The molecular formula is C14H15Cl2N3. The van der Waals surface area contributed by atoms with Gasteiger partial charge in [0.05, 0.1) is 16.2 Å². The lowest BCUT2D eigenvalue weighted by Crippen LogP contribution is -2.43. The molecule has 0 saturated carbocycles. The minimum Gasteiger partial charge on any atom is -0.367 e. The Balaban J connectivity index is 2.21. The highest BCUT2D eigenvalue weighted by molar-refractivity contribution is 6.35. The molecule has 2 aromatic rings. The van der Waals surface area contributed by atoms with Crippen LogP contribution in [0.4, 0.5) is 5.69 Å². The van der Waals surface area contributed by atoms with Crippen LogP contribution in [-0.4, -0.2) is 31.2 Å². The Hall–Kier alpha value is -1.03. The number of fused-ring (bicyclic) bond motifs is 1. The lowest BCUT2D eigenvalue weighted by Gasteiger charge is -2.31. The van der Waals surface area contributed by atoms with Crippen molar-refractivity contribution in [2.24, 2.45) is 0 Å². The summed E-state index contributed by atoms with van der Waals surface area (Å²) in [7, 11) is 0. The fraction of sp³-hybridized carbons (Fsp3) is 0.357. The molecule has 1 fully saturated rings. The molecule has 1 aromatic carbocycles. The van der Waals surface area contributed by atoms with Gasteiger partial charge >= 0.3 is 0 Å². The van der Waals surface area contributed by atoms with Crippen molar-refractivity contribution in [1.82, 2.24) is 10.3 Å². The van der Waals surface area contributed by atoms with E-state index in [-0.39, 0.29) is 0 Å². The third kappa shape index (κ3) is 2.27. The Morgan fingerprint density at radius 1 is 1.16 bits per heavy atom. The Labute approximate surface area is 122 Å². The number of piperazine rings is 1. The van der Waals surface area contributed by atoms with Gasteiger partial charge in [0.2, 0.25) is 0 Å². The van der Waals surface area contributed by atoms with Crippen molar-refractivity contribution in [1.29, 1.82) is 0 Å². The van der Waals surface area contributed by atoms with Crippen molar-refractivity contribution in [3.05, 3.63) is 33.9 Å². The maximum atomic E-state index is 6.37. The molecule has 0 amide bonds. The largest absolute Gasteiger partial charge is 0.367 e. The van der Waals surface area contributed by atoms with Crippen molar-refractivity contribution in [2.75, 3.05) is 31.1 Å². The summed E-state index contributed by atoms with van der Waals surface area (Å²) in [6, 6.07) is 3.93. The SMILES string of the molecule is Cc1c(Cl)ccc2c(N3CCNCC3)c(Cl)cnc12.